The van der Waals surface area contributed by atoms with Crippen molar-refractivity contribution >= 4 is 51.5 Å². The quantitative estimate of drug-likeness (QED) is 0.0340. The van der Waals surface area contributed by atoms with Gasteiger partial charge in [-0.1, -0.05) is 99.6 Å². The highest BCUT2D eigenvalue weighted by Crippen LogP contribution is 2.27. The molecule has 1 rings (SSSR count). The molecule has 0 atom stereocenters. The molecule has 1 aliphatic rings. The highest BCUT2D eigenvalue weighted by Gasteiger charge is 2.25. The van der Waals surface area contributed by atoms with Crippen LogP contribution >= 0.6 is 34.4 Å². The van der Waals surface area contributed by atoms with Crippen LogP contribution in [-0.2, 0) is 19.1 Å². The van der Waals surface area contributed by atoms with Gasteiger partial charge in [0.05, 0.1) is 4.55 Å². The molecule has 43 heavy (non-hydrogen) atoms. The van der Waals surface area contributed by atoms with Gasteiger partial charge in [0.1, 0.15) is 11.7 Å². The lowest BCUT2D eigenvalue weighted by molar-refractivity contribution is -0.155. The first-order valence-electron chi connectivity index (χ1n) is 17.2. The Morgan fingerprint density at radius 2 is 1.33 bits per heavy atom. The standard InChI is InChI=1S/C34H63IN2O5S/c1-6-8-10-12-14-18-29(19-15-13-11-9-7-2)41-31(38)20-16-24-37(25-17-21-32(39)42-34(3,4)5)33(40)43-30-22-26-36(28-35)27-23-30/h29-30H,6-28H2,1-5H3. The van der Waals surface area contributed by atoms with E-state index in [0.717, 1.165) is 56.2 Å². The Hall–Kier alpha value is -0.550. The maximum Gasteiger partial charge on any atom is 0.306 e. The van der Waals surface area contributed by atoms with E-state index in [9.17, 15) is 14.4 Å². The van der Waals surface area contributed by atoms with Crippen molar-refractivity contribution in [3.8, 4) is 0 Å². The third kappa shape index (κ3) is 21.8. The first kappa shape index (κ1) is 40.5. The maximum absolute atomic E-state index is 13.3. The number of thioether (sulfide) groups is 1. The summed E-state index contributed by atoms with van der Waals surface area (Å²) < 4.78 is 12.5. The smallest absolute Gasteiger partial charge is 0.306 e. The van der Waals surface area contributed by atoms with Gasteiger partial charge < -0.3 is 14.4 Å². The number of piperidine rings is 1. The number of carbonyl (C=O) groups is 3. The van der Waals surface area contributed by atoms with Gasteiger partial charge in [-0.2, -0.15) is 0 Å². The zero-order valence-corrected chi connectivity index (χ0v) is 31.1. The van der Waals surface area contributed by atoms with E-state index < -0.39 is 5.60 Å². The third-order valence-corrected chi connectivity index (χ3v) is 10.1. The number of amides is 1. The zero-order chi connectivity index (χ0) is 31.9. The summed E-state index contributed by atoms with van der Waals surface area (Å²) in [6.45, 7) is 13.1. The van der Waals surface area contributed by atoms with Crippen LogP contribution in [0.3, 0.4) is 0 Å². The molecule has 252 valence electrons. The first-order chi connectivity index (χ1) is 20.6. The van der Waals surface area contributed by atoms with E-state index in [1.54, 1.807) is 0 Å². The molecule has 1 saturated heterocycles. The third-order valence-electron chi connectivity index (χ3n) is 7.82. The summed E-state index contributed by atoms with van der Waals surface area (Å²) in [5.74, 6) is -0.384. The topological polar surface area (TPSA) is 76.1 Å². The second-order valence-corrected chi connectivity index (χ2v) is 15.1. The monoisotopic (exact) mass is 738 g/mol. The summed E-state index contributed by atoms with van der Waals surface area (Å²) in [5, 5.41) is 0.378. The zero-order valence-electron chi connectivity index (χ0n) is 28.1. The first-order valence-corrected chi connectivity index (χ1v) is 19.6. The van der Waals surface area contributed by atoms with Crippen molar-refractivity contribution in [2.24, 2.45) is 0 Å². The average Bonchev–Trinajstić information content (AvgIpc) is 2.95. The van der Waals surface area contributed by atoms with Gasteiger partial charge in [-0.15, -0.1) is 0 Å². The van der Waals surface area contributed by atoms with Crippen molar-refractivity contribution in [3.05, 3.63) is 0 Å². The molecular formula is C34H63IN2O5S. The molecule has 0 radical (unpaired) electrons. The van der Waals surface area contributed by atoms with E-state index >= 15 is 0 Å². The SMILES string of the molecule is CCCCCCCC(CCCCCCC)OC(=O)CCCN(CCCC(=O)OC(C)(C)C)C(=O)SC1CCN(CI)CC1. The number of ether oxygens (including phenoxy) is 2. The van der Waals surface area contributed by atoms with Crippen LogP contribution in [0.1, 0.15) is 150 Å². The maximum atomic E-state index is 13.3. The van der Waals surface area contributed by atoms with Crippen LogP contribution in [0.2, 0.25) is 0 Å². The number of hydrogen-bond acceptors (Lipinski definition) is 7. The summed E-state index contributed by atoms with van der Waals surface area (Å²) in [6, 6.07) is 0. The number of rotatable bonds is 23. The fourth-order valence-corrected chi connectivity index (χ4v) is 7.08. The molecule has 1 heterocycles. The normalized spacial score (nSPS) is 14.7. The van der Waals surface area contributed by atoms with Gasteiger partial charge in [0.15, 0.2) is 0 Å². The molecular weight excluding hydrogens is 675 g/mol. The molecule has 1 amide bonds. The highest BCUT2D eigenvalue weighted by molar-refractivity contribution is 14.1. The lowest BCUT2D eigenvalue weighted by Crippen LogP contribution is -2.36. The summed E-state index contributed by atoms with van der Waals surface area (Å²) >= 11 is 3.83. The number of hydrogen-bond donors (Lipinski definition) is 0. The van der Waals surface area contributed by atoms with Crippen LogP contribution < -0.4 is 0 Å². The molecule has 0 aromatic heterocycles. The molecule has 0 aromatic rings. The van der Waals surface area contributed by atoms with Crippen molar-refractivity contribution in [1.82, 2.24) is 9.80 Å². The number of likely N-dealkylation sites (tertiary alicyclic amines) is 1. The Balaban J connectivity index is 2.62. The Labute approximate surface area is 281 Å². The number of halogens is 1. The van der Waals surface area contributed by atoms with Gasteiger partial charge in [-0.25, -0.2) is 0 Å². The molecule has 1 fully saturated rings. The summed E-state index contributed by atoms with van der Waals surface area (Å²) in [5.41, 5.74) is -0.515. The van der Waals surface area contributed by atoms with E-state index in [0.29, 0.717) is 37.6 Å². The molecule has 0 aromatic carbocycles. The van der Waals surface area contributed by atoms with Crippen molar-refractivity contribution < 1.29 is 23.9 Å². The van der Waals surface area contributed by atoms with Crippen molar-refractivity contribution in [2.75, 3.05) is 30.7 Å². The Bertz CT molecular complexity index is 742. The molecule has 0 saturated carbocycles. The van der Waals surface area contributed by atoms with Crippen LogP contribution in [0, 0.1) is 0 Å². The van der Waals surface area contributed by atoms with Crippen LogP contribution in [0.25, 0.3) is 0 Å². The van der Waals surface area contributed by atoms with Crippen LogP contribution in [0.15, 0.2) is 0 Å². The number of alkyl halides is 1. The van der Waals surface area contributed by atoms with Crippen LogP contribution in [0.5, 0.6) is 0 Å². The Kier molecular flexibility index (Phi) is 23.2. The number of esters is 2. The van der Waals surface area contributed by atoms with Crippen molar-refractivity contribution in [2.45, 2.75) is 167 Å². The molecule has 9 heteroatoms. The molecule has 0 spiro atoms. The van der Waals surface area contributed by atoms with E-state index in [1.165, 1.54) is 63.1 Å². The van der Waals surface area contributed by atoms with E-state index in [-0.39, 0.29) is 29.7 Å². The second kappa shape index (κ2) is 24.7. The largest absolute Gasteiger partial charge is 0.462 e. The van der Waals surface area contributed by atoms with Gasteiger partial charge in [-0.05, 0) is 85.2 Å². The Morgan fingerprint density at radius 1 is 0.814 bits per heavy atom. The van der Waals surface area contributed by atoms with Gasteiger partial charge in [-0.3, -0.25) is 19.3 Å². The van der Waals surface area contributed by atoms with Crippen LogP contribution in [-0.4, -0.2) is 74.7 Å². The molecule has 0 bridgehead atoms. The van der Waals surface area contributed by atoms with Crippen molar-refractivity contribution in [3.63, 3.8) is 0 Å². The lowest BCUT2D eigenvalue weighted by Gasteiger charge is -2.31. The second-order valence-electron chi connectivity index (χ2n) is 13.1. The molecule has 0 aliphatic carbocycles. The predicted octanol–water partition coefficient (Wildman–Crippen LogP) is 9.53. The van der Waals surface area contributed by atoms with Crippen LogP contribution in [0.4, 0.5) is 4.79 Å². The molecule has 1 aliphatic heterocycles. The highest BCUT2D eigenvalue weighted by atomic mass is 127. The predicted molar refractivity (Wildman–Crippen MR) is 189 cm³/mol. The Morgan fingerprint density at radius 3 is 1.81 bits per heavy atom. The van der Waals surface area contributed by atoms with E-state index in [1.807, 2.05) is 25.7 Å². The number of nitrogens with zero attached hydrogens (tertiary/aromatic N) is 2. The van der Waals surface area contributed by atoms with E-state index in [2.05, 4.69) is 41.3 Å². The van der Waals surface area contributed by atoms with Crippen molar-refractivity contribution in [1.29, 1.82) is 0 Å². The minimum absolute atomic E-state index is 0.00582. The van der Waals surface area contributed by atoms with Gasteiger partial charge in [0.25, 0.3) is 5.24 Å². The number of unbranched alkanes of at least 4 members (excludes halogenated alkanes) is 8. The van der Waals surface area contributed by atoms with Gasteiger partial charge >= 0.3 is 11.9 Å². The molecule has 7 nitrogen and oxygen atoms in total. The molecule has 0 unspecified atom stereocenters. The summed E-state index contributed by atoms with van der Waals surface area (Å²) in [6.07, 6.45) is 17.8. The van der Waals surface area contributed by atoms with Gasteiger partial charge in [0, 0.05) is 31.2 Å². The minimum Gasteiger partial charge on any atom is -0.462 e. The number of carbonyl (C=O) groups excluding carboxylic acids is 3. The van der Waals surface area contributed by atoms with Gasteiger partial charge in [0.2, 0.25) is 0 Å². The fraction of sp³-hybridized carbons (Fsp3) is 0.912. The lowest BCUT2D eigenvalue weighted by atomic mass is 10.0. The summed E-state index contributed by atoms with van der Waals surface area (Å²) in [7, 11) is 0. The van der Waals surface area contributed by atoms with E-state index in [4.69, 9.17) is 9.47 Å². The minimum atomic E-state index is -0.515. The summed E-state index contributed by atoms with van der Waals surface area (Å²) in [4.78, 5) is 42.7. The molecule has 0 N–H and O–H groups in total. The average molecular weight is 739 g/mol. The fourth-order valence-electron chi connectivity index (χ4n) is 5.34.